The summed E-state index contributed by atoms with van der Waals surface area (Å²) in [6, 6.07) is 11.0. The Bertz CT molecular complexity index is 297. The number of nitrogens with zero attached hydrogens (tertiary/aromatic N) is 1. The van der Waals surface area contributed by atoms with Gasteiger partial charge in [0.25, 0.3) is 0 Å². The minimum Gasteiger partial charge on any atom is -0.292 e. The topological polar surface area (TPSA) is 3.24 Å². The van der Waals surface area contributed by atoms with E-state index in [9.17, 15) is 0 Å². The van der Waals surface area contributed by atoms with Gasteiger partial charge in [-0.25, -0.2) is 0 Å². The van der Waals surface area contributed by atoms with Gasteiger partial charge in [-0.1, -0.05) is 36.3 Å². The zero-order chi connectivity index (χ0) is 10.4. The summed E-state index contributed by atoms with van der Waals surface area (Å²) in [6.07, 6.45) is 6.32. The molecular weight excluding hydrogens is 169 g/mol. The van der Waals surface area contributed by atoms with Gasteiger partial charge in [-0.2, -0.15) is 0 Å². The maximum atomic E-state index is 5.27. The van der Waals surface area contributed by atoms with Crippen molar-refractivity contribution < 1.29 is 0 Å². The second kappa shape index (κ2) is 5.47. The average Bonchev–Trinajstić information content (AvgIpc) is 2.19. The molecule has 1 heteroatoms. The van der Waals surface area contributed by atoms with Gasteiger partial charge in [-0.3, -0.25) is 4.90 Å². The molecule has 1 atom stereocenters. The lowest BCUT2D eigenvalue weighted by Crippen LogP contribution is -2.31. The molecule has 0 aliphatic carbocycles. The van der Waals surface area contributed by atoms with Crippen LogP contribution in [-0.4, -0.2) is 24.5 Å². The Morgan fingerprint density at radius 3 is 2.57 bits per heavy atom. The third-order valence-electron chi connectivity index (χ3n) is 2.47. The zero-order valence-corrected chi connectivity index (χ0v) is 8.90. The molecule has 0 bridgehead atoms. The van der Waals surface area contributed by atoms with E-state index in [1.165, 1.54) is 5.56 Å². The van der Waals surface area contributed by atoms with Gasteiger partial charge < -0.3 is 0 Å². The Morgan fingerprint density at radius 1 is 1.36 bits per heavy atom. The van der Waals surface area contributed by atoms with Crippen molar-refractivity contribution in [3.05, 3.63) is 35.9 Å². The lowest BCUT2D eigenvalue weighted by Gasteiger charge is -2.22. The summed E-state index contributed by atoms with van der Waals surface area (Å²) >= 11 is 0. The highest BCUT2D eigenvalue weighted by atomic mass is 15.1. The van der Waals surface area contributed by atoms with Crippen LogP contribution >= 0.6 is 0 Å². The van der Waals surface area contributed by atoms with Gasteiger partial charge >= 0.3 is 0 Å². The maximum Gasteiger partial charge on any atom is 0.0598 e. The summed E-state index contributed by atoms with van der Waals surface area (Å²) < 4.78 is 0. The first kappa shape index (κ1) is 10.8. The van der Waals surface area contributed by atoms with E-state index >= 15 is 0 Å². The largest absolute Gasteiger partial charge is 0.292 e. The second-order valence-corrected chi connectivity index (χ2v) is 3.66. The number of hydrogen-bond acceptors (Lipinski definition) is 1. The van der Waals surface area contributed by atoms with Gasteiger partial charge in [0.15, 0.2) is 0 Å². The van der Waals surface area contributed by atoms with Gasteiger partial charge in [0.2, 0.25) is 0 Å². The lowest BCUT2D eigenvalue weighted by molar-refractivity contribution is 0.287. The first-order valence-corrected chi connectivity index (χ1v) is 4.91. The summed E-state index contributed by atoms with van der Waals surface area (Å²) in [7, 11) is 2.06. The van der Waals surface area contributed by atoms with Crippen LogP contribution in [0.2, 0.25) is 0 Å². The number of terminal acetylenes is 1. The fourth-order valence-electron chi connectivity index (χ4n) is 1.41. The predicted octanol–water partition coefficient (Wildman–Crippen LogP) is 2.18. The van der Waals surface area contributed by atoms with Crippen molar-refractivity contribution in [3.63, 3.8) is 0 Å². The lowest BCUT2D eigenvalue weighted by atomic mass is 10.0. The highest BCUT2D eigenvalue weighted by Gasteiger charge is 2.07. The van der Waals surface area contributed by atoms with E-state index in [-0.39, 0.29) is 0 Å². The first-order chi connectivity index (χ1) is 6.74. The van der Waals surface area contributed by atoms with Gasteiger partial charge in [0.1, 0.15) is 0 Å². The SMILES string of the molecule is C#CCN([11CH3])[C@H](C)Cc1ccccc1. The maximum absolute atomic E-state index is 5.27. The summed E-state index contributed by atoms with van der Waals surface area (Å²) in [6.45, 7) is 2.92. The van der Waals surface area contributed by atoms with Crippen molar-refractivity contribution in [2.45, 2.75) is 19.4 Å². The minimum absolute atomic E-state index is 0.494. The van der Waals surface area contributed by atoms with Crippen molar-refractivity contribution in [3.8, 4) is 12.3 Å². The van der Waals surface area contributed by atoms with Crippen molar-refractivity contribution in [2.24, 2.45) is 0 Å². The molecule has 0 fully saturated rings. The van der Waals surface area contributed by atoms with Crippen molar-refractivity contribution in [1.82, 2.24) is 4.90 Å². The Morgan fingerprint density at radius 2 is 2.00 bits per heavy atom. The normalized spacial score (nSPS) is 12.4. The molecule has 1 aromatic carbocycles. The van der Waals surface area contributed by atoms with Crippen LogP contribution in [0.4, 0.5) is 0 Å². The molecule has 1 aromatic rings. The third kappa shape index (κ3) is 3.24. The molecule has 14 heavy (non-hydrogen) atoms. The van der Waals surface area contributed by atoms with Crippen LogP contribution in [0, 0.1) is 12.3 Å². The number of likely N-dealkylation sites (N-methyl/N-ethyl adjacent to an activating group) is 1. The molecule has 0 radical (unpaired) electrons. The van der Waals surface area contributed by atoms with Gasteiger partial charge in [-0.05, 0) is 26.0 Å². The quantitative estimate of drug-likeness (QED) is 0.651. The van der Waals surface area contributed by atoms with Crippen LogP contribution in [-0.2, 0) is 6.42 Å². The van der Waals surface area contributed by atoms with Crippen LogP contribution in [0.5, 0.6) is 0 Å². The molecule has 1 nitrogen and oxygen atoms in total. The fourth-order valence-corrected chi connectivity index (χ4v) is 1.41. The van der Waals surface area contributed by atoms with Gasteiger partial charge in [0, 0.05) is 6.04 Å². The standard InChI is InChI=1S/C13H17N/c1-4-10-14(3)12(2)11-13-8-6-5-7-9-13/h1,5-9,12H,10-11H2,2-3H3/t12-/m1/s1/i3-1. The average molecular weight is 186 g/mol. The molecule has 0 unspecified atom stereocenters. The van der Waals surface area contributed by atoms with E-state index < -0.39 is 0 Å². The van der Waals surface area contributed by atoms with E-state index in [0.717, 1.165) is 6.42 Å². The Labute approximate surface area is 86.7 Å². The summed E-state index contributed by atoms with van der Waals surface area (Å²) in [5, 5.41) is 0. The molecule has 74 valence electrons. The van der Waals surface area contributed by atoms with E-state index in [0.29, 0.717) is 12.6 Å². The van der Waals surface area contributed by atoms with Gasteiger partial charge in [0.05, 0.1) is 6.54 Å². The molecule has 0 aliphatic heterocycles. The van der Waals surface area contributed by atoms with Crippen LogP contribution in [0.15, 0.2) is 30.3 Å². The van der Waals surface area contributed by atoms with Crippen LogP contribution in [0.3, 0.4) is 0 Å². The Kier molecular flexibility index (Phi) is 4.22. The summed E-state index contributed by atoms with van der Waals surface area (Å²) in [4.78, 5) is 2.19. The van der Waals surface area contributed by atoms with E-state index in [2.05, 4.69) is 49.1 Å². The fraction of sp³-hybridized carbons (Fsp3) is 0.385. The molecule has 0 saturated heterocycles. The molecular formula is C13H17N. The van der Waals surface area contributed by atoms with Crippen LogP contribution in [0.25, 0.3) is 0 Å². The van der Waals surface area contributed by atoms with Crippen molar-refractivity contribution in [2.75, 3.05) is 13.6 Å². The molecule has 0 amide bonds. The summed E-state index contributed by atoms with van der Waals surface area (Å²) in [5.74, 6) is 2.66. The van der Waals surface area contributed by atoms with E-state index in [1.54, 1.807) is 0 Å². The van der Waals surface area contributed by atoms with Crippen molar-refractivity contribution in [1.29, 1.82) is 0 Å². The highest BCUT2D eigenvalue weighted by molar-refractivity contribution is 5.15. The number of rotatable bonds is 4. The monoisotopic (exact) mass is 186 g/mol. The highest BCUT2D eigenvalue weighted by Crippen LogP contribution is 2.06. The molecule has 0 N–H and O–H groups in total. The smallest absolute Gasteiger partial charge is 0.0598 e. The molecule has 0 heterocycles. The van der Waals surface area contributed by atoms with E-state index in [4.69, 9.17) is 6.42 Å². The number of benzene rings is 1. The molecule has 1 rings (SSSR count). The minimum atomic E-state index is 0.494. The number of hydrogen-bond donors (Lipinski definition) is 0. The Hall–Kier alpha value is -1.26. The van der Waals surface area contributed by atoms with E-state index in [1.807, 2.05) is 6.07 Å². The first-order valence-electron chi connectivity index (χ1n) is 4.91. The molecule has 0 saturated carbocycles. The van der Waals surface area contributed by atoms with Gasteiger partial charge in [-0.15, -0.1) is 6.42 Å². The second-order valence-electron chi connectivity index (χ2n) is 3.66. The van der Waals surface area contributed by atoms with Crippen LogP contribution < -0.4 is 0 Å². The molecule has 0 spiro atoms. The predicted molar refractivity (Wildman–Crippen MR) is 61.1 cm³/mol. The third-order valence-corrected chi connectivity index (χ3v) is 2.47. The van der Waals surface area contributed by atoms with Crippen LogP contribution in [0.1, 0.15) is 12.5 Å². The van der Waals surface area contributed by atoms with Crippen molar-refractivity contribution >= 4 is 0 Å². The molecule has 0 aromatic heterocycles. The Balaban J connectivity index is 2.49. The molecule has 0 aliphatic rings. The zero-order valence-electron chi connectivity index (χ0n) is 8.90. The summed E-state index contributed by atoms with van der Waals surface area (Å²) in [5.41, 5.74) is 1.36.